The number of ether oxygens (including phenoxy) is 1. The predicted octanol–water partition coefficient (Wildman–Crippen LogP) is 6.94. The molecule has 3 aromatic carbocycles. The van der Waals surface area contributed by atoms with Crippen molar-refractivity contribution in [1.29, 1.82) is 0 Å². The Morgan fingerprint density at radius 1 is 1.09 bits per heavy atom. The van der Waals surface area contributed by atoms with E-state index in [1.807, 2.05) is 12.1 Å². The lowest BCUT2D eigenvalue weighted by Crippen LogP contribution is -2.07. The summed E-state index contributed by atoms with van der Waals surface area (Å²) in [4.78, 5) is 11.2. The molecule has 0 aromatic heterocycles. The summed E-state index contributed by atoms with van der Waals surface area (Å²) in [6.07, 6.45) is 2.62. The Hall–Kier alpha value is -2.56. The van der Waals surface area contributed by atoms with E-state index in [0.29, 0.717) is 28.1 Å². The third-order valence-corrected chi connectivity index (χ3v) is 6.36. The number of halogens is 3. The van der Waals surface area contributed by atoms with Crippen molar-refractivity contribution in [3.8, 4) is 11.5 Å². The van der Waals surface area contributed by atoms with E-state index in [1.165, 1.54) is 19.1 Å². The van der Waals surface area contributed by atoms with Crippen LogP contribution in [0.3, 0.4) is 0 Å². The van der Waals surface area contributed by atoms with Crippen LogP contribution in [-0.2, 0) is 11.2 Å². The topological polar surface area (TPSA) is 46.5 Å². The highest BCUT2D eigenvalue weighted by molar-refractivity contribution is 6.36. The molecule has 1 unspecified atom stereocenters. The summed E-state index contributed by atoms with van der Waals surface area (Å²) >= 11 is 12.9. The van der Waals surface area contributed by atoms with E-state index in [-0.39, 0.29) is 29.9 Å². The number of phenolic OH excluding ortho intramolecular Hbond substituents is 1. The number of hydrogen-bond donors (Lipinski definition) is 1. The highest BCUT2D eigenvalue weighted by atomic mass is 35.5. The number of Topliss-reactive ketones (excluding diaryl/α,β-unsaturated/α-hetero) is 1. The molecule has 0 aliphatic heterocycles. The Morgan fingerprint density at radius 3 is 2.34 bits per heavy atom. The lowest BCUT2D eigenvalue weighted by molar-refractivity contribution is -0.118. The molecule has 1 N–H and O–H groups in total. The number of carbonyl (C=O) groups excluding carboxylic acids is 1. The molecule has 1 aliphatic rings. The number of benzene rings is 3. The van der Waals surface area contributed by atoms with Gasteiger partial charge >= 0.3 is 0 Å². The van der Waals surface area contributed by atoms with Gasteiger partial charge in [-0.2, -0.15) is 0 Å². The number of rotatable bonds is 8. The summed E-state index contributed by atoms with van der Waals surface area (Å²) in [6.45, 7) is 1.40. The minimum Gasteiger partial charge on any atom is -0.508 e. The van der Waals surface area contributed by atoms with E-state index in [2.05, 4.69) is 0 Å². The minimum absolute atomic E-state index is 0.00357. The third kappa shape index (κ3) is 5.25. The summed E-state index contributed by atoms with van der Waals surface area (Å²) in [5, 5.41) is 11.5. The summed E-state index contributed by atoms with van der Waals surface area (Å²) in [6, 6.07) is 15.3. The van der Waals surface area contributed by atoms with Gasteiger partial charge in [0.1, 0.15) is 23.9 Å². The Bertz CT molecular complexity index is 1120. The van der Waals surface area contributed by atoms with E-state index < -0.39 is 0 Å². The normalized spacial score (nSPS) is 14.2. The standard InChI is InChI=1S/C26H23Cl2FO3/c1-15(30)14-32-20-12-23(27)21(24(28)13-20)10-16-2-9-25(31)22(11-16)26(17-3-4-17)18-5-7-19(29)8-6-18/h2,5-9,11-13,17,26,31H,3-4,10,14H2,1H3. The van der Waals surface area contributed by atoms with Crippen molar-refractivity contribution in [1.82, 2.24) is 0 Å². The van der Waals surface area contributed by atoms with Crippen LogP contribution < -0.4 is 4.74 Å². The van der Waals surface area contributed by atoms with Crippen LogP contribution in [0, 0.1) is 11.7 Å². The van der Waals surface area contributed by atoms with Gasteiger partial charge < -0.3 is 9.84 Å². The van der Waals surface area contributed by atoms with Gasteiger partial charge in [0, 0.05) is 27.9 Å². The van der Waals surface area contributed by atoms with Crippen LogP contribution >= 0.6 is 23.2 Å². The molecule has 0 saturated heterocycles. The van der Waals surface area contributed by atoms with Crippen LogP contribution in [0.5, 0.6) is 11.5 Å². The van der Waals surface area contributed by atoms with Crippen molar-refractivity contribution in [3.05, 3.63) is 92.7 Å². The molecule has 4 rings (SSSR count). The molecule has 0 spiro atoms. The fourth-order valence-electron chi connectivity index (χ4n) is 3.99. The molecule has 3 aromatic rings. The molecule has 166 valence electrons. The third-order valence-electron chi connectivity index (χ3n) is 5.69. The van der Waals surface area contributed by atoms with Crippen molar-refractivity contribution in [3.63, 3.8) is 0 Å². The summed E-state index contributed by atoms with van der Waals surface area (Å²) in [5.74, 6) is 0.719. The molecule has 1 fully saturated rings. The minimum atomic E-state index is -0.277. The van der Waals surface area contributed by atoms with Crippen molar-refractivity contribution >= 4 is 29.0 Å². The SMILES string of the molecule is CC(=O)COc1cc(Cl)c(Cc2ccc(O)c(C(c3ccc(F)cc3)C3CC3)c2)c(Cl)c1. The monoisotopic (exact) mass is 472 g/mol. The van der Waals surface area contributed by atoms with Gasteiger partial charge in [-0.05, 0) is 72.7 Å². The fourth-order valence-corrected chi connectivity index (χ4v) is 4.59. The number of carbonyl (C=O) groups is 1. The molecular formula is C26H23Cl2FO3. The molecule has 1 saturated carbocycles. The summed E-state index contributed by atoms with van der Waals surface area (Å²) in [5.41, 5.74) is 3.51. The largest absolute Gasteiger partial charge is 0.508 e. The highest BCUT2D eigenvalue weighted by Gasteiger charge is 2.35. The fraction of sp³-hybridized carbons (Fsp3) is 0.269. The molecule has 0 heterocycles. The molecule has 32 heavy (non-hydrogen) atoms. The molecule has 0 radical (unpaired) electrons. The smallest absolute Gasteiger partial charge is 0.167 e. The molecule has 1 atom stereocenters. The quantitative estimate of drug-likeness (QED) is 0.386. The average Bonchev–Trinajstić information content (AvgIpc) is 3.58. The van der Waals surface area contributed by atoms with Crippen LogP contribution in [-0.4, -0.2) is 17.5 Å². The molecule has 0 bridgehead atoms. The van der Waals surface area contributed by atoms with Crippen LogP contribution in [0.15, 0.2) is 54.6 Å². The van der Waals surface area contributed by atoms with E-state index in [0.717, 1.165) is 35.1 Å². The second kappa shape index (κ2) is 9.51. The molecule has 0 amide bonds. The van der Waals surface area contributed by atoms with Gasteiger partial charge in [0.05, 0.1) is 0 Å². The van der Waals surface area contributed by atoms with E-state index >= 15 is 0 Å². The number of phenols is 1. The van der Waals surface area contributed by atoms with Crippen molar-refractivity contribution in [2.24, 2.45) is 5.92 Å². The molecule has 1 aliphatic carbocycles. The Morgan fingerprint density at radius 2 is 1.75 bits per heavy atom. The Balaban J connectivity index is 1.63. The first-order valence-corrected chi connectivity index (χ1v) is 11.2. The van der Waals surface area contributed by atoms with Gasteiger partial charge in [-0.15, -0.1) is 0 Å². The van der Waals surface area contributed by atoms with Gasteiger partial charge in [-0.1, -0.05) is 47.5 Å². The number of ketones is 1. The molecule has 6 heteroatoms. The zero-order chi connectivity index (χ0) is 22.8. The van der Waals surface area contributed by atoms with Gasteiger partial charge in [-0.3, -0.25) is 4.79 Å². The Labute approximate surface area is 196 Å². The van der Waals surface area contributed by atoms with Gasteiger partial charge in [0.2, 0.25) is 0 Å². The Kier molecular flexibility index (Phi) is 6.73. The van der Waals surface area contributed by atoms with Gasteiger partial charge in [-0.25, -0.2) is 4.39 Å². The van der Waals surface area contributed by atoms with E-state index in [9.17, 15) is 14.3 Å². The first-order chi connectivity index (χ1) is 15.3. The molecule has 3 nitrogen and oxygen atoms in total. The summed E-state index contributed by atoms with van der Waals surface area (Å²) in [7, 11) is 0. The summed E-state index contributed by atoms with van der Waals surface area (Å²) < 4.78 is 18.9. The first kappa shape index (κ1) is 22.6. The van der Waals surface area contributed by atoms with Gasteiger partial charge in [0.15, 0.2) is 5.78 Å². The molecular weight excluding hydrogens is 450 g/mol. The van der Waals surface area contributed by atoms with Gasteiger partial charge in [0.25, 0.3) is 0 Å². The van der Waals surface area contributed by atoms with Crippen LogP contribution in [0.4, 0.5) is 4.39 Å². The van der Waals surface area contributed by atoms with E-state index in [4.69, 9.17) is 27.9 Å². The second-order valence-electron chi connectivity index (χ2n) is 8.29. The van der Waals surface area contributed by atoms with E-state index in [1.54, 1.807) is 30.3 Å². The first-order valence-electron chi connectivity index (χ1n) is 10.5. The zero-order valence-corrected chi connectivity index (χ0v) is 19.1. The zero-order valence-electron chi connectivity index (χ0n) is 17.6. The number of hydrogen-bond acceptors (Lipinski definition) is 3. The highest BCUT2D eigenvalue weighted by Crippen LogP contribution is 2.49. The maximum atomic E-state index is 13.4. The van der Waals surface area contributed by atoms with Crippen molar-refractivity contribution in [2.45, 2.75) is 32.1 Å². The van der Waals surface area contributed by atoms with Crippen LogP contribution in [0.25, 0.3) is 0 Å². The maximum Gasteiger partial charge on any atom is 0.167 e. The van der Waals surface area contributed by atoms with Crippen LogP contribution in [0.2, 0.25) is 10.0 Å². The lowest BCUT2D eigenvalue weighted by atomic mass is 9.85. The number of aromatic hydroxyl groups is 1. The maximum absolute atomic E-state index is 13.4. The second-order valence-corrected chi connectivity index (χ2v) is 9.11. The lowest BCUT2D eigenvalue weighted by Gasteiger charge is -2.20. The van der Waals surface area contributed by atoms with Crippen molar-refractivity contribution < 1.29 is 19.0 Å². The predicted molar refractivity (Wildman–Crippen MR) is 125 cm³/mol. The van der Waals surface area contributed by atoms with Crippen LogP contribution in [0.1, 0.15) is 47.9 Å². The van der Waals surface area contributed by atoms with Crippen molar-refractivity contribution in [2.75, 3.05) is 6.61 Å². The average molecular weight is 473 g/mol.